The number of Topliss-reactive ketones (excluding diaryl/α,β-unsaturated/α-hetero) is 1. The van der Waals surface area contributed by atoms with Gasteiger partial charge in [-0.3, -0.25) is 19.1 Å². The van der Waals surface area contributed by atoms with Gasteiger partial charge < -0.3 is 10.2 Å². The lowest BCUT2D eigenvalue weighted by Crippen LogP contribution is -2.42. The highest BCUT2D eigenvalue weighted by molar-refractivity contribution is 6.11. The zero-order valence-electron chi connectivity index (χ0n) is 19.9. The third-order valence-corrected chi connectivity index (χ3v) is 6.78. The Balaban J connectivity index is 1.30. The minimum Gasteiger partial charge on any atom is -0.342 e. The number of nitrogens with one attached hydrogen (secondary N) is 1. The van der Waals surface area contributed by atoms with Gasteiger partial charge in [0.1, 0.15) is 11.7 Å². The van der Waals surface area contributed by atoms with Crippen LogP contribution in [0.15, 0.2) is 48.8 Å². The topological polar surface area (TPSA) is 110 Å². The number of carbonyl (C=O) groups is 3. The second-order valence-corrected chi connectivity index (χ2v) is 9.24. The zero-order valence-corrected chi connectivity index (χ0v) is 19.9. The van der Waals surface area contributed by atoms with Crippen molar-refractivity contribution in [2.24, 2.45) is 0 Å². The number of ketones is 1. The minimum atomic E-state index is -4.45. The molecule has 1 saturated heterocycles. The molecule has 6 rings (SSSR count). The van der Waals surface area contributed by atoms with E-state index in [9.17, 15) is 27.6 Å². The molecule has 9 nitrogen and oxygen atoms in total. The van der Waals surface area contributed by atoms with Crippen molar-refractivity contribution in [2.75, 3.05) is 11.4 Å². The summed E-state index contributed by atoms with van der Waals surface area (Å²) >= 11 is 0. The first-order valence-electron chi connectivity index (χ1n) is 11.7. The van der Waals surface area contributed by atoms with Gasteiger partial charge in [0.2, 0.25) is 5.91 Å². The van der Waals surface area contributed by atoms with E-state index in [1.807, 2.05) is 6.92 Å². The van der Waals surface area contributed by atoms with Crippen LogP contribution in [0.5, 0.6) is 0 Å². The van der Waals surface area contributed by atoms with Crippen molar-refractivity contribution in [2.45, 2.75) is 32.1 Å². The van der Waals surface area contributed by atoms with Crippen LogP contribution in [0.1, 0.15) is 39.6 Å². The lowest BCUT2D eigenvalue weighted by molar-refractivity contribution is -0.137. The van der Waals surface area contributed by atoms with Crippen molar-refractivity contribution in [1.29, 1.82) is 0 Å². The average Bonchev–Trinajstić information content (AvgIpc) is 3.45. The summed E-state index contributed by atoms with van der Waals surface area (Å²) < 4.78 is 40.6. The number of hydrogen-bond acceptors (Lipinski definition) is 6. The molecule has 4 aromatic rings. The highest BCUT2D eigenvalue weighted by Gasteiger charge is 2.39. The third kappa shape index (κ3) is 3.88. The number of aryl methyl sites for hydroxylation is 1. The zero-order chi connectivity index (χ0) is 26.8. The number of halogens is 3. The quantitative estimate of drug-likeness (QED) is 0.414. The summed E-state index contributed by atoms with van der Waals surface area (Å²) in [6, 6.07) is 7.73. The lowest BCUT2D eigenvalue weighted by Gasteiger charge is -2.30. The van der Waals surface area contributed by atoms with Gasteiger partial charge in [-0.15, -0.1) is 0 Å². The van der Waals surface area contributed by atoms with Gasteiger partial charge in [0.15, 0.2) is 11.6 Å². The predicted molar refractivity (Wildman–Crippen MR) is 129 cm³/mol. The maximum Gasteiger partial charge on any atom is 0.416 e. The van der Waals surface area contributed by atoms with E-state index in [-0.39, 0.29) is 35.1 Å². The van der Waals surface area contributed by atoms with Gasteiger partial charge in [0.05, 0.1) is 30.2 Å². The van der Waals surface area contributed by atoms with Crippen LogP contribution in [0, 0.1) is 6.92 Å². The molecule has 0 bridgehead atoms. The van der Waals surface area contributed by atoms with Crippen molar-refractivity contribution in [3.8, 4) is 11.4 Å². The average molecular weight is 520 g/mol. The lowest BCUT2D eigenvalue weighted by atomic mass is 10.0. The summed E-state index contributed by atoms with van der Waals surface area (Å²) in [5.74, 6) is -0.687. The van der Waals surface area contributed by atoms with Crippen LogP contribution in [0.3, 0.4) is 0 Å². The molecule has 2 amide bonds. The Morgan fingerprint density at radius 2 is 1.84 bits per heavy atom. The normalized spacial score (nSPS) is 17.7. The van der Waals surface area contributed by atoms with E-state index in [1.165, 1.54) is 18.5 Å². The fourth-order valence-corrected chi connectivity index (χ4v) is 4.92. The van der Waals surface area contributed by atoms with Crippen LogP contribution in [0.4, 0.5) is 18.9 Å². The van der Waals surface area contributed by atoms with Crippen molar-refractivity contribution >= 4 is 34.2 Å². The molecule has 0 saturated carbocycles. The number of carbonyl (C=O) groups excluding carboxylic acids is 3. The summed E-state index contributed by atoms with van der Waals surface area (Å²) in [6.45, 7) is 2.59. The molecule has 2 aromatic heterocycles. The second-order valence-electron chi connectivity index (χ2n) is 9.24. The molecular weight excluding hydrogens is 501 g/mol. The van der Waals surface area contributed by atoms with Crippen LogP contribution in [0.2, 0.25) is 0 Å². The van der Waals surface area contributed by atoms with Crippen molar-refractivity contribution in [3.63, 3.8) is 0 Å². The van der Waals surface area contributed by atoms with E-state index < -0.39 is 17.8 Å². The number of benzene rings is 2. The number of fused-ring (bicyclic) bond motifs is 2. The van der Waals surface area contributed by atoms with E-state index in [4.69, 9.17) is 0 Å². The Labute approximate surface area is 213 Å². The van der Waals surface area contributed by atoms with E-state index in [0.717, 1.165) is 17.7 Å². The van der Waals surface area contributed by atoms with Gasteiger partial charge in [-0.1, -0.05) is 0 Å². The molecule has 0 aliphatic carbocycles. The molecular formula is C26H19F3N6O3. The van der Waals surface area contributed by atoms with Crippen LogP contribution >= 0.6 is 0 Å². The van der Waals surface area contributed by atoms with Crippen molar-refractivity contribution in [3.05, 3.63) is 71.2 Å². The molecule has 1 fully saturated rings. The fourth-order valence-electron chi connectivity index (χ4n) is 4.92. The first-order valence-corrected chi connectivity index (χ1v) is 11.7. The number of amides is 2. The Hall–Kier alpha value is -4.61. The minimum absolute atomic E-state index is 0.228. The molecule has 192 valence electrons. The van der Waals surface area contributed by atoms with E-state index in [1.54, 1.807) is 27.8 Å². The molecule has 1 N–H and O–H groups in total. The van der Waals surface area contributed by atoms with Crippen molar-refractivity contribution in [1.82, 2.24) is 25.1 Å². The number of aromatic nitrogens is 4. The predicted octanol–water partition coefficient (Wildman–Crippen LogP) is 3.61. The summed E-state index contributed by atoms with van der Waals surface area (Å²) in [4.78, 5) is 47.8. The molecule has 12 heteroatoms. The Morgan fingerprint density at radius 1 is 1.03 bits per heavy atom. The molecule has 2 aliphatic rings. The van der Waals surface area contributed by atoms with Crippen molar-refractivity contribution < 1.29 is 27.6 Å². The van der Waals surface area contributed by atoms with Crippen LogP contribution in [-0.2, 0) is 22.3 Å². The number of alkyl halides is 3. The SMILES string of the molecule is Cc1cc(-c2ncc3cc(C(F)(F)F)ccc3n2)ccc1N1CCn2ncc(C3NC(=O)CC3=O)c2C1=O. The van der Waals surface area contributed by atoms with Gasteiger partial charge in [0.25, 0.3) is 5.91 Å². The summed E-state index contributed by atoms with van der Waals surface area (Å²) in [6.07, 6.45) is -1.87. The summed E-state index contributed by atoms with van der Waals surface area (Å²) in [5, 5.41) is 7.13. The Kier molecular flexibility index (Phi) is 5.30. The van der Waals surface area contributed by atoms with Gasteiger partial charge in [0, 0.05) is 34.9 Å². The van der Waals surface area contributed by atoms with Crippen LogP contribution in [-0.4, -0.2) is 43.9 Å². The molecule has 1 unspecified atom stereocenters. The monoisotopic (exact) mass is 520 g/mol. The fraction of sp³-hybridized carbons (Fsp3) is 0.231. The molecule has 2 aliphatic heterocycles. The standard InChI is InChI=1S/C26H19F3N6O3/c1-13-8-14(24-30-11-15-9-16(26(27,28)29)3-4-18(15)32-24)2-5-19(13)34-6-7-35-23(25(34)38)17(12-31-35)22-20(36)10-21(37)33-22/h2-5,8-9,11-12,22H,6-7,10H2,1H3,(H,33,37). The third-order valence-electron chi connectivity index (χ3n) is 6.78. The van der Waals surface area contributed by atoms with E-state index in [0.29, 0.717) is 41.2 Å². The van der Waals surface area contributed by atoms with Gasteiger partial charge in [-0.2, -0.15) is 18.3 Å². The number of nitrogens with zero attached hydrogens (tertiary/aromatic N) is 5. The number of rotatable bonds is 3. The Bertz CT molecular complexity index is 1660. The Morgan fingerprint density at radius 3 is 2.55 bits per heavy atom. The highest BCUT2D eigenvalue weighted by atomic mass is 19.4. The first-order chi connectivity index (χ1) is 18.1. The molecule has 1 atom stereocenters. The van der Waals surface area contributed by atoms with Crippen LogP contribution < -0.4 is 10.2 Å². The molecule has 4 heterocycles. The summed E-state index contributed by atoms with van der Waals surface area (Å²) in [7, 11) is 0. The molecule has 38 heavy (non-hydrogen) atoms. The van der Waals surface area contributed by atoms with Crippen LogP contribution in [0.25, 0.3) is 22.3 Å². The first kappa shape index (κ1) is 23.8. The van der Waals surface area contributed by atoms with Gasteiger partial charge in [-0.25, -0.2) is 9.97 Å². The van der Waals surface area contributed by atoms with E-state index in [2.05, 4.69) is 20.4 Å². The summed E-state index contributed by atoms with van der Waals surface area (Å²) in [5.41, 5.74) is 2.30. The number of hydrogen-bond donors (Lipinski definition) is 1. The second kappa shape index (κ2) is 8.47. The van der Waals surface area contributed by atoms with E-state index >= 15 is 0 Å². The maximum atomic E-state index is 13.5. The molecule has 2 aromatic carbocycles. The molecule has 0 radical (unpaired) electrons. The largest absolute Gasteiger partial charge is 0.416 e. The maximum absolute atomic E-state index is 13.5. The molecule has 0 spiro atoms. The number of anilines is 1. The smallest absolute Gasteiger partial charge is 0.342 e. The highest BCUT2D eigenvalue weighted by Crippen LogP contribution is 2.33. The van der Waals surface area contributed by atoms with Gasteiger partial charge in [-0.05, 0) is 48.9 Å². The van der Waals surface area contributed by atoms with Gasteiger partial charge >= 0.3 is 6.18 Å².